The van der Waals surface area contributed by atoms with Gasteiger partial charge in [-0.1, -0.05) is 109 Å². The van der Waals surface area contributed by atoms with Crippen molar-refractivity contribution in [2.75, 3.05) is 7.11 Å². The number of aromatic nitrogens is 1. The Bertz CT molecular complexity index is 804. The molecule has 1 heterocycles. The largest absolute Gasteiger partial charge is 1.00 e. The van der Waals surface area contributed by atoms with Crippen LogP contribution >= 0.6 is 0 Å². The number of pyridine rings is 1. The fourth-order valence-corrected chi connectivity index (χ4v) is 4.35. The average molecular weight is 543 g/mol. The molecule has 0 radical (unpaired) electrons. The zero-order chi connectivity index (χ0) is 24.1. The Balaban J connectivity index is 0.00000612. The Labute approximate surface area is 226 Å². The van der Waals surface area contributed by atoms with Crippen LogP contribution in [-0.4, -0.2) is 7.11 Å². The summed E-state index contributed by atoms with van der Waals surface area (Å²) < 4.78 is 7.47. The molecule has 3 heteroatoms. The van der Waals surface area contributed by atoms with Gasteiger partial charge in [0.1, 0.15) is 12.3 Å². The first-order valence-corrected chi connectivity index (χ1v) is 14.0. The van der Waals surface area contributed by atoms with Crippen LogP contribution in [0.25, 0.3) is 0 Å². The Morgan fingerprint density at radius 3 is 1.40 bits per heavy atom. The maximum Gasteiger partial charge on any atom is 0.170 e. The van der Waals surface area contributed by atoms with Gasteiger partial charge in [-0.25, -0.2) is 4.57 Å². The zero-order valence-corrected chi connectivity index (χ0v) is 24.0. The van der Waals surface area contributed by atoms with Crippen molar-refractivity contribution >= 4 is 0 Å². The molecule has 0 bridgehead atoms. The average Bonchev–Trinajstić information content (AvgIpc) is 2.88. The van der Waals surface area contributed by atoms with Crippen LogP contribution in [0.3, 0.4) is 0 Å². The molecule has 0 N–H and O–H groups in total. The van der Waals surface area contributed by atoms with Gasteiger partial charge in [-0.05, 0) is 30.7 Å². The summed E-state index contributed by atoms with van der Waals surface area (Å²) in [7, 11) is 1.68. The van der Waals surface area contributed by atoms with Crippen LogP contribution in [0.4, 0.5) is 0 Å². The molecule has 0 amide bonds. The number of benzene rings is 1. The molecule has 0 aliphatic heterocycles. The van der Waals surface area contributed by atoms with E-state index >= 15 is 0 Å². The summed E-state index contributed by atoms with van der Waals surface area (Å²) >= 11 is 0. The second kappa shape index (κ2) is 21.5. The van der Waals surface area contributed by atoms with Gasteiger partial charge in [0.05, 0.1) is 7.11 Å². The highest BCUT2D eigenvalue weighted by atomic mass is 79.9. The highest BCUT2D eigenvalue weighted by molar-refractivity contribution is 5.43. The number of aryl methyl sites for hydroxylation is 1. The number of methoxy groups -OCH3 is 1. The van der Waals surface area contributed by atoms with E-state index in [1.165, 1.54) is 103 Å². The van der Waals surface area contributed by atoms with Crippen molar-refractivity contribution in [1.29, 1.82) is 0 Å². The van der Waals surface area contributed by atoms with Gasteiger partial charge in [0, 0.05) is 29.7 Å². The maximum atomic E-state index is 5.19. The Morgan fingerprint density at radius 2 is 0.971 bits per heavy atom. The number of hydrogen-bond acceptors (Lipinski definition) is 1. The zero-order valence-electron chi connectivity index (χ0n) is 22.4. The summed E-state index contributed by atoms with van der Waals surface area (Å²) in [5.74, 6) is 7.33. The molecular formula is C32H48BrNO. The van der Waals surface area contributed by atoms with Crippen molar-refractivity contribution in [2.45, 2.75) is 116 Å². The molecule has 0 spiro atoms. The second-order valence-corrected chi connectivity index (χ2v) is 9.61. The first-order chi connectivity index (χ1) is 16.8. The Hall–Kier alpha value is -1.79. The highest BCUT2D eigenvalue weighted by Gasteiger charge is 2.00. The minimum Gasteiger partial charge on any atom is -1.00 e. The van der Waals surface area contributed by atoms with Gasteiger partial charge in [-0.15, -0.1) is 0 Å². The van der Waals surface area contributed by atoms with Gasteiger partial charge < -0.3 is 21.7 Å². The molecule has 0 saturated carbocycles. The molecule has 0 fully saturated rings. The van der Waals surface area contributed by atoms with Crippen LogP contribution in [0.5, 0.6) is 5.75 Å². The molecule has 1 aromatic heterocycles. The molecule has 2 nitrogen and oxygen atoms in total. The van der Waals surface area contributed by atoms with Crippen LogP contribution in [-0.2, 0) is 6.54 Å². The molecule has 35 heavy (non-hydrogen) atoms. The summed E-state index contributed by atoms with van der Waals surface area (Å²) in [6, 6.07) is 12.1. The van der Waals surface area contributed by atoms with E-state index in [2.05, 4.69) is 47.9 Å². The minimum atomic E-state index is 0. The minimum absolute atomic E-state index is 0. The van der Waals surface area contributed by atoms with Gasteiger partial charge in [-0.2, -0.15) is 0 Å². The molecule has 0 aliphatic carbocycles. The third-order valence-electron chi connectivity index (χ3n) is 6.60. The van der Waals surface area contributed by atoms with Crippen LogP contribution < -0.4 is 26.3 Å². The van der Waals surface area contributed by atoms with Crippen molar-refractivity contribution in [3.63, 3.8) is 0 Å². The quantitative estimate of drug-likeness (QED) is 0.135. The van der Waals surface area contributed by atoms with E-state index in [0.717, 1.165) is 23.4 Å². The molecule has 0 atom stereocenters. The van der Waals surface area contributed by atoms with E-state index in [1.54, 1.807) is 7.11 Å². The fourth-order valence-electron chi connectivity index (χ4n) is 4.35. The number of hydrogen-bond donors (Lipinski definition) is 0. The van der Waals surface area contributed by atoms with E-state index in [0.29, 0.717) is 0 Å². The molecule has 2 aromatic rings. The lowest BCUT2D eigenvalue weighted by Crippen LogP contribution is -3.00. The van der Waals surface area contributed by atoms with Crippen molar-refractivity contribution in [2.24, 2.45) is 0 Å². The second-order valence-electron chi connectivity index (χ2n) is 9.61. The van der Waals surface area contributed by atoms with Gasteiger partial charge in [-0.3, -0.25) is 0 Å². The lowest BCUT2D eigenvalue weighted by molar-refractivity contribution is -0.697. The normalized spacial score (nSPS) is 10.3. The van der Waals surface area contributed by atoms with E-state index in [1.807, 2.05) is 24.3 Å². The van der Waals surface area contributed by atoms with Gasteiger partial charge in [0.15, 0.2) is 12.4 Å². The third kappa shape index (κ3) is 15.7. The van der Waals surface area contributed by atoms with Crippen LogP contribution in [0, 0.1) is 11.8 Å². The van der Waals surface area contributed by atoms with E-state index in [9.17, 15) is 0 Å². The van der Waals surface area contributed by atoms with Crippen molar-refractivity contribution < 1.29 is 26.3 Å². The molecule has 0 unspecified atom stereocenters. The number of ether oxygens (including phenoxy) is 1. The SMILES string of the molecule is CCCCCCCCCCCCCCCCCC[n+]1ccc(C#Cc2ccc(OC)cc2)cc1.[Br-]. The van der Waals surface area contributed by atoms with Crippen LogP contribution in [0.15, 0.2) is 48.8 Å². The smallest absolute Gasteiger partial charge is 0.170 e. The fraction of sp³-hybridized carbons (Fsp3) is 0.594. The van der Waals surface area contributed by atoms with Crippen molar-refractivity contribution in [3.05, 3.63) is 59.9 Å². The van der Waals surface area contributed by atoms with E-state index in [-0.39, 0.29) is 17.0 Å². The number of rotatable bonds is 18. The van der Waals surface area contributed by atoms with Gasteiger partial charge >= 0.3 is 0 Å². The molecule has 2 rings (SSSR count). The highest BCUT2D eigenvalue weighted by Crippen LogP contribution is 2.14. The standard InChI is InChI=1S/C32H48NO.BrH/c1-3-4-5-6-7-8-9-10-11-12-13-14-15-16-17-18-27-33-28-25-31(26-29-33)20-19-30-21-23-32(34-2)24-22-30;/h21-26,28-29H,3-18,27H2,1-2H3;1H/q+1;/p-1. The van der Waals surface area contributed by atoms with Gasteiger partial charge in [0.2, 0.25) is 0 Å². The van der Waals surface area contributed by atoms with Crippen molar-refractivity contribution in [1.82, 2.24) is 0 Å². The molecular weight excluding hydrogens is 494 g/mol. The summed E-state index contributed by atoms with van der Waals surface area (Å²) in [5.41, 5.74) is 2.06. The molecule has 1 aromatic carbocycles. The predicted octanol–water partition coefficient (Wildman–Crippen LogP) is 5.65. The van der Waals surface area contributed by atoms with Gasteiger partial charge in [0.25, 0.3) is 0 Å². The monoisotopic (exact) mass is 541 g/mol. The summed E-state index contributed by atoms with van der Waals surface area (Å²) in [5, 5.41) is 0. The first-order valence-electron chi connectivity index (χ1n) is 14.0. The third-order valence-corrected chi connectivity index (χ3v) is 6.60. The van der Waals surface area contributed by atoms with Crippen LogP contribution in [0.1, 0.15) is 121 Å². The number of nitrogens with zero attached hydrogens (tertiary/aromatic N) is 1. The predicted molar refractivity (Wildman–Crippen MR) is 145 cm³/mol. The molecule has 194 valence electrons. The topological polar surface area (TPSA) is 13.1 Å². The lowest BCUT2D eigenvalue weighted by atomic mass is 10.0. The van der Waals surface area contributed by atoms with Crippen molar-refractivity contribution in [3.8, 4) is 17.6 Å². The molecule has 0 aliphatic rings. The van der Waals surface area contributed by atoms with E-state index < -0.39 is 0 Å². The Kier molecular flexibility index (Phi) is 19.2. The number of unbranched alkanes of at least 4 members (excludes halogenated alkanes) is 15. The molecule has 0 saturated heterocycles. The Morgan fingerprint density at radius 1 is 0.571 bits per heavy atom. The van der Waals surface area contributed by atoms with Crippen LogP contribution in [0.2, 0.25) is 0 Å². The maximum absolute atomic E-state index is 5.19. The summed E-state index contributed by atoms with van der Waals surface area (Å²) in [6.45, 7) is 3.40. The van der Waals surface area contributed by atoms with E-state index in [4.69, 9.17) is 4.74 Å². The number of halogens is 1. The lowest BCUT2D eigenvalue weighted by Gasteiger charge is -2.03. The first kappa shape index (κ1) is 31.2. The summed E-state index contributed by atoms with van der Waals surface area (Å²) in [4.78, 5) is 0. The summed E-state index contributed by atoms with van der Waals surface area (Å²) in [6.07, 6.45) is 27.0.